The van der Waals surface area contributed by atoms with Crippen LogP contribution in [-0.4, -0.2) is 35.7 Å². The first-order valence-corrected chi connectivity index (χ1v) is 7.70. The summed E-state index contributed by atoms with van der Waals surface area (Å²) >= 11 is 0. The summed E-state index contributed by atoms with van der Waals surface area (Å²) in [6.45, 7) is 9.57. The van der Waals surface area contributed by atoms with Gasteiger partial charge in [-0.1, -0.05) is 0 Å². The minimum atomic E-state index is -1.15. The Bertz CT molecular complexity index is 575. The van der Waals surface area contributed by atoms with Crippen molar-refractivity contribution in [3.05, 3.63) is 24.3 Å². The monoisotopic (exact) mass is 319 g/mol. The molecule has 1 aromatic carbocycles. The normalized spacial score (nSPS) is 10.8. The predicted molar refractivity (Wildman–Crippen MR) is 91.1 cm³/mol. The first-order valence-electron chi connectivity index (χ1n) is 7.70. The van der Waals surface area contributed by atoms with E-state index in [0.717, 1.165) is 0 Å². The van der Waals surface area contributed by atoms with Gasteiger partial charge in [0.15, 0.2) is 0 Å². The first kappa shape index (κ1) is 18.7. The number of hydrogen-bond acceptors (Lipinski definition) is 3. The molecule has 1 aromatic rings. The van der Waals surface area contributed by atoms with E-state index in [4.69, 9.17) is 0 Å². The van der Waals surface area contributed by atoms with Crippen LogP contribution >= 0.6 is 0 Å². The lowest BCUT2D eigenvalue weighted by Crippen LogP contribution is -2.47. The quantitative estimate of drug-likeness (QED) is 0.791. The number of nitrogens with one attached hydrogen (secondary N) is 2. The molecule has 6 nitrogen and oxygen atoms in total. The van der Waals surface area contributed by atoms with Crippen LogP contribution in [0.1, 0.15) is 34.6 Å². The van der Waals surface area contributed by atoms with Crippen LogP contribution in [0.3, 0.4) is 0 Å². The van der Waals surface area contributed by atoms with E-state index >= 15 is 0 Å². The molecule has 1 rings (SSSR count). The van der Waals surface area contributed by atoms with Gasteiger partial charge in [0, 0.05) is 31.4 Å². The average molecular weight is 319 g/mol. The molecule has 126 valence electrons. The van der Waals surface area contributed by atoms with E-state index in [9.17, 15) is 14.4 Å². The molecule has 2 N–H and O–H groups in total. The summed E-state index contributed by atoms with van der Waals surface area (Å²) < 4.78 is 0. The second-order valence-electron chi connectivity index (χ2n) is 5.82. The SMILES string of the molecule is CCN(CC)C(=O)C(C)(C)C(=O)Nc1ccc(NC(C)=O)cc1. The van der Waals surface area contributed by atoms with Crippen molar-refractivity contribution < 1.29 is 14.4 Å². The van der Waals surface area contributed by atoms with E-state index < -0.39 is 5.41 Å². The maximum atomic E-state index is 12.5. The fourth-order valence-electron chi connectivity index (χ4n) is 2.13. The van der Waals surface area contributed by atoms with Crippen LogP contribution in [-0.2, 0) is 14.4 Å². The number of benzene rings is 1. The van der Waals surface area contributed by atoms with E-state index in [1.807, 2.05) is 13.8 Å². The van der Waals surface area contributed by atoms with Gasteiger partial charge in [-0.05, 0) is 52.0 Å². The number of carbonyl (C=O) groups excluding carboxylic acids is 3. The zero-order valence-corrected chi connectivity index (χ0v) is 14.4. The van der Waals surface area contributed by atoms with Gasteiger partial charge in [0.25, 0.3) is 0 Å². The highest BCUT2D eigenvalue weighted by molar-refractivity contribution is 6.09. The Hall–Kier alpha value is -2.37. The van der Waals surface area contributed by atoms with Gasteiger partial charge in [0.1, 0.15) is 5.41 Å². The van der Waals surface area contributed by atoms with Gasteiger partial charge < -0.3 is 15.5 Å². The van der Waals surface area contributed by atoms with Gasteiger partial charge >= 0.3 is 0 Å². The molecule has 0 aliphatic heterocycles. The summed E-state index contributed by atoms with van der Waals surface area (Å²) in [5.74, 6) is -0.718. The second-order valence-corrected chi connectivity index (χ2v) is 5.82. The second kappa shape index (κ2) is 7.76. The molecule has 0 saturated carbocycles. The van der Waals surface area contributed by atoms with Crippen molar-refractivity contribution in [2.45, 2.75) is 34.6 Å². The summed E-state index contributed by atoms with van der Waals surface area (Å²) in [4.78, 5) is 37.5. The smallest absolute Gasteiger partial charge is 0.239 e. The maximum absolute atomic E-state index is 12.5. The lowest BCUT2D eigenvalue weighted by atomic mass is 9.90. The number of carbonyl (C=O) groups is 3. The molecular formula is C17H25N3O3. The number of nitrogens with zero attached hydrogens (tertiary/aromatic N) is 1. The third kappa shape index (κ3) is 4.81. The highest BCUT2D eigenvalue weighted by Crippen LogP contribution is 2.22. The first-order chi connectivity index (χ1) is 10.7. The number of amides is 3. The highest BCUT2D eigenvalue weighted by atomic mass is 16.2. The molecule has 0 saturated heterocycles. The number of anilines is 2. The molecule has 23 heavy (non-hydrogen) atoms. The van der Waals surface area contributed by atoms with E-state index in [0.29, 0.717) is 24.5 Å². The molecule has 6 heteroatoms. The standard InChI is InChI=1S/C17H25N3O3/c1-6-20(7-2)16(23)17(4,5)15(22)19-14-10-8-13(9-11-14)18-12(3)21/h8-11H,6-7H2,1-5H3,(H,18,21)(H,19,22). The molecular weight excluding hydrogens is 294 g/mol. The number of hydrogen-bond donors (Lipinski definition) is 2. The topological polar surface area (TPSA) is 78.5 Å². The summed E-state index contributed by atoms with van der Waals surface area (Å²) in [6.07, 6.45) is 0. The largest absolute Gasteiger partial charge is 0.342 e. The summed E-state index contributed by atoms with van der Waals surface area (Å²) in [5.41, 5.74) is 0.0704. The van der Waals surface area contributed by atoms with Crippen molar-refractivity contribution in [1.82, 2.24) is 4.90 Å². The van der Waals surface area contributed by atoms with Crippen molar-refractivity contribution in [1.29, 1.82) is 0 Å². The lowest BCUT2D eigenvalue weighted by molar-refractivity contribution is -0.146. The molecule has 0 spiro atoms. The Morgan fingerprint density at radius 3 is 1.78 bits per heavy atom. The van der Waals surface area contributed by atoms with Crippen LogP contribution in [0.4, 0.5) is 11.4 Å². The third-order valence-electron chi connectivity index (χ3n) is 3.62. The van der Waals surface area contributed by atoms with Crippen molar-refractivity contribution in [3.63, 3.8) is 0 Å². The van der Waals surface area contributed by atoms with Gasteiger partial charge in [0.05, 0.1) is 0 Å². The molecule has 0 radical (unpaired) electrons. The van der Waals surface area contributed by atoms with Crippen LogP contribution in [0.25, 0.3) is 0 Å². The summed E-state index contributed by atoms with van der Waals surface area (Å²) in [7, 11) is 0. The van der Waals surface area contributed by atoms with Crippen LogP contribution in [0.15, 0.2) is 24.3 Å². The average Bonchev–Trinajstić information content (AvgIpc) is 2.49. The molecule has 3 amide bonds. The zero-order chi connectivity index (χ0) is 17.6. The molecule has 0 unspecified atom stereocenters. The minimum Gasteiger partial charge on any atom is -0.342 e. The van der Waals surface area contributed by atoms with Crippen LogP contribution in [0.2, 0.25) is 0 Å². The Kier molecular flexibility index (Phi) is 6.30. The van der Waals surface area contributed by atoms with Crippen molar-refractivity contribution in [2.24, 2.45) is 5.41 Å². The van der Waals surface area contributed by atoms with Gasteiger partial charge in [0.2, 0.25) is 17.7 Å². The molecule has 0 bridgehead atoms. The Labute approximate surface area is 137 Å². The van der Waals surface area contributed by atoms with E-state index in [-0.39, 0.29) is 17.7 Å². The van der Waals surface area contributed by atoms with Crippen molar-refractivity contribution >= 4 is 29.1 Å². The third-order valence-corrected chi connectivity index (χ3v) is 3.62. The molecule has 0 fully saturated rings. The summed E-state index contributed by atoms with van der Waals surface area (Å²) in [5, 5.41) is 5.40. The number of rotatable bonds is 6. The van der Waals surface area contributed by atoms with Gasteiger partial charge in [-0.25, -0.2) is 0 Å². The highest BCUT2D eigenvalue weighted by Gasteiger charge is 2.38. The van der Waals surface area contributed by atoms with Gasteiger partial charge in [-0.2, -0.15) is 0 Å². The van der Waals surface area contributed by atoms with Crippen LogP contribution in [0, 0.1) is 5.41 Å². The maximum Gasteiger partial charge on any atom is 0.239 e. The van der Waals surface area contributed by atoms with Gasteiger partial charge in [-0.3, -0.25) is 14.4 Å². The van der Waals surface area contributed by atoms with Crippen LogP contribution in [0.5, 0.6) is 0 Å². The summed E-state index contributed by atoms with van der Waals surface area (Å²) in [6, 6.07) is 6.74. The Balaban J connectivity index is 2.81. The van der Waals surface area contributed by atoms with Crippen molar-refractivity contribution in [2.75, 3.05) is 23.7 Å². The molecule has 0 aromatic heterocycles. The zero-order valence-electron chi connectivity index (χ0n) is 14.4. The molecule has 0 heterocycles. The molecule has 0 aliphatic rings. The Morgan fingerprint density at radius 1 is 0.957 bits per heavy atom. The van der Waals surface area contributed by atoms with Crippen LogP contribution < -0.4 is 10.6 Å². The van der Waals surface area contributed by atoms with E-state index in [2.05, 4.69) is 10.6 Å². The van der Waals surface area contributed by atoms with E-state index in [1.54, 1.807) is 43.0 Å². The fraction of sp³-hybridized carbons (Fsp3) is 0.471. The fourth-order valence-corrected chi connectivity index (χ4v) is 2.13. The van der Waals surface area contributed by atoms with Crippen molar-refractivity contribution in [3.8, 4) is 0 Å². The van der Waals surface area contributed by atoms with Gasteiger partial charge in [-0.15, -0.1) is 0 Å². The lowest BCUT2D eigenvalue weighted by Gasteiger charge is -2.29. The minimum absolute atomic E-state index is 0.160. The predicted octanol–water partition coefficient (Wildman–Crippen LogP) is 2.48. The van der Waals surface area contributed by atoms with E-state index in [1.165, 1.54) is 6.92 Å². The molecule has 0 atom stereocenters. The molecule has 0 aliphatic carbocycles. The Morgan fingerprint density at radius 2 is 1.39 bits per heavy atom.